The number of amides is 2. The van der Waals surface area contributed by atoms with Crippen LogP contribution in [-0.2, 0) is 13.0 Å². The standard InChI is InChI=1S/C17H15ClN6O/c18-14-2-1-13-10-24(8-5-12(13)9-14)17(25)21-16-20-15(22-23-16)11-3-6-19-7-4-11/h1-4,6-7,9H,5,8,10H2,(H2,20,21,22,23,25). The maximum absolute atomic E-state index is 12.5. The lowest BCUT2D eigenvalue weighted by molar-refractivity contribution is 0.206. The van der Waals surface area contributed by atoms with Crippen molar-refractivity contribution in [1.82, 2.24) is 25.1 Å². The Labute approximate surface area is 149 Å². The van der Waals surface area contributed by atoms with E-state index in [0.717, 1.165) is 22.6 Å². The van der Waals surface area contributed by atoms with E-state index in [1.807, 2.05) is 30.3 Å². The van der Waals surface area contributed by atoms with Crippen LogP contribution in [0.15, 0.2) is 42.7 Å². The van der Waals surface area contributed by atoms with Crippen molar-refractivity contribution in [2.24, 2.45) is 0 Å². The second-order valence-corrected chi connectivity index (χ2v) is 6.19. The lowest BCUT2D eigenvalue weighted by Gasteiger charge is -2.28. The smallest absolute Gasteiger partial charge is 0.320 e. The number of hydrogen-bond donors (Lipinski definition) is 2. The molecule has 0 saturated heterocycles. The molecule has 25 heavy (non-hydrogen) atoms. The number of carbonyl (C=O) groups excluding carboxylic acids is 1. The van der Waals surface area contributed by atoms with Crippen LogP contribution in [0.2, 0.25) is 5.02 Å². The van der Waals surface area contributed by atoms with Crippen molar-refractivity contribution < 1.29 is 4.79 Å². The van der Waals surface area contributed by atoms with Gasteiger partial charge in [-0.1, -0.05) is 17.7 Å². The molecule has 2 amide bonds. The molecule has 0 atom stereocenters. The number of halogens is 1. The van der Waals surface area contributed by atoms with E-state index in [0.29, 0.717) is 18.9 Å². The number of anilines is 1. The number of pyridine rings is 1. The van der Waals surface area contributed by atoms with Crippen LogP contribution in [0.5, 0.6) is 0 Å². The molecule has 4 rings (SSSR count). The molecule has 3 heterocycles. The first-order valence-corrected chi connectivity index (χ1v) is 8.23. The summed E-state index contributed by atoms with van der Waals surface area (Å²) in [5.41, 5.74) is 3.15. The third-order valence-electron chi connectivity index (χ3n) is 4.13. The fourth-order valence-corrected chi connectivity index (χ4v) is 3.02. The zero-order valence-electron chi connectivity index (χ0n) is 13.2. The van der Waals surface area contributed by atoms with Gasteiger partial charge in [-0.05, 0) is 41.8 Å². The molecule has 0 bridgehead atoms. The van der Waals surface area contributed by atoms with Gasteiger partial charge in [0.15, 0.2) is 5.82 Å². The summed E-state index contributed by atoms with van der Waals surface area (Å²) < 4.78 is 0. The normalized spacial score (nSPS) is 13.4. The van der Waals surface area contributed by atoms with E-state index in [1.54, 1.807) is 17.3 Å². The molecule has 0 radical (unpaired) electrons. The van der Waals surface area contributed by atoms with Gasteiger partial charge in [-0.2, -0.15) is 4.98 Å². The molecule has 1 aliphatic heterocycles. The highest BCUT2D eigenvalue weighted by Crippen LogP contribution is 2.23. The van der Waals surface area contributed by atoms with E-state index in [9.17, 15) is 4.79 Å². The molecular formula is C17H15ClN6O. The van der Waals surface area contributed by atoms with Gasteiger partial charge in [0.1, 0.15) is 0 Å². The predicted molar refractivity (Wildman–Crippen MR) is 94.2 cm³/mol. The van der Waals surface area contributed by atoms with E-state index in [2.05, 4.69) is 25.5 Å². The number of carbonyl (C=O) groups is 1. The second-order valence-electron chi connectivity index (χ2n) is 5.76. The summed E-state index contributed by atoms with van der Waals surface area (Å²) in [5.74, 6) is 0.829. The zero-order valence-corrected chi connectivity index (χ0v) is 14.0. The number of hydrogen-bond acceptors (Lipinski definition) is 4. The van der Waals surface area contributed by atoms with E-state index in [-0.39, 0.29) is 12.0 Å². The Hall–Kier alpha value is -2.93. The van der Waals surface area contributed by atoms with Crippen LogP contribution in [0.3, 0.4) is 0 Å². The predicted octanol–water partition coefficient (Wildman–Crippen LogP) is 3.11. The first-order chi connectivity index (χ1) is 12.2. The average Bonchev–Trinajstić information content (AvgIpc) is 3.10. The van der Waals surface area contributed by atoms with Gasteiger partial charge in [0.25, 0.3) is 0 Å². The van der Waals surface area contributed by atoms with Crippen LogP contribution in [0, 0.1) is 0 Å². The molecule has 1 aromatic carbocycles. The van der Waals surface area contributed by atoms with Crippen molar-refractivity contribution in [3.63, 3.8) is 0 Å². The number of aromatic amines is 1. The minimum Gasteiger partial charge on any atom is -0.320 e. The molecule has 0 saturated carbocycles. The van der Waals surface area contributed by atoms with Gasteiger partial charge < -0.3 is 4.90 Å². The molecular weight excluding hydrogens is 340 g/mol. The lowest BCUT2D eigenvalue weighted by atomic mass is 10.0. The largest absolute Gasteiger partial charge is 0.324 e. The van der Waals surface area contributed by atoms with Crippen molar-refractivity contribution in [2.75, 3.05) is 11.9 Å². The first-order valence-electron chi connectivity index (χ1n) is 7.85. The Balaban J connectivity index is 1.44. The number of fused-ring (bicyclic) bond motifs is 1. The Kier molecular flexibility index (Phi) is 4.07. The van der Waals surface area contributed by atoms with Gasteiger partial charge in [0.2, 0.25) is 5.95 Å². The summed E-state index contributed by atoms with van der Waals surface area (Å²) in [6, 6.07) is 9.18. The highest BCUT2D eigenvalue weighted by atomic mass is 35.5. The van der Waals surface area contributed by atoms with Crippen molar-refractivity contribution in [1.29, 1.82) is 0 Å². The highest BCUT2D eigenvalue weighted by Gasteiger charge is 2.22. The molecule has 0 unspecified atom stereocenters. The zero-order chi connectivity index (χ0) is 17.2. The third kappa shape index (κ3) is 3.32. The summed E-state index contributed by atoms with van der Waals surface area (Å²) in [6.07, 6.45) is 4.13. The van der Waals surface area contributed by atoms with E-state index in [1.165, 1.54) is 5.56 Å². The highest BCUT2D eigenvalue weighted by molar-refractivity contribution is 6.30. The monoisotopic (exact) mass is 354 g/mol. The van der Waals surface area contributed by atoms with E-state index < -0.39 is 0 Å². The molecule has 1 aliphatic rings. The topological polar surface area (TPSA) is 86.8 Å². The molecule has 126 valence electrons. The van der Waals surface area contributed by atoms with Crippen LogP contribution >= 0.6 is 11.6 Å². The van der Waals surface area contributed by atoms with Crippen molar-refractivity contribution in [3.8, 4) is 11.4 Å². The quantitative estimate of drug-likeness (QED) is 0.740. The van der Waals surface area contributed by atoms with Gasteiger partial charge in [-0.15, -0.1) is 5.10 Å². The average molecular weight is 355 g/mol. The third-order valence-corrected chi connectivity index (χ3v) is 4.36. The van der Waals surface area contributed by atoms with Crippen LogP contribution in [-0.4, -0.2) is 37.6 Å². The second kappa shape index (κ2) is 6.52. The van der Waals surface area contributed by atoms with Crippen molar-refractivity contribution >= 4 is 23.6 Å². The Morgan fingerprint density at radius 2 is 2.04 bits per heavy atom. The molecule has 3 aromatic rings. The summed E-state index contributed by atoms with van der Waals surface area (Å²) >= 11 is 6.02. The van der Waals surface area contributed by atoms with E-state index in [4.69, 9.17) is 11.6 Å². The Morgan fingerprint density at radius 1 is 1.20 bits per heavy atom. The summed E-state index contributed by atoms with van der Waals surface area (Å²) in [7, 11) is 0. The molecule has 0 fully saturated rings. The molecule has 2 aromatic heterocycles. The van der Waals surface area contributed by atoms with Gasteiger partial charge in [-0.3, -0.25) is 15.4 Å². The lowest BCUT2D eigenvalue weighted by Crippen LogP contribution is -2.39. The molecule has 2 N–H and O–H groups in total. The number of rotatable bonds is 2. The number of urea groups is 1. The maximum atomic E-state index is 12.5. The first kappa shape index (κ1) is 15.6. The summed E-state index contributed by atoms with van der Waals surface area (Å²) in [5, 5.41) is 10.3. The van der Waals surface area contributed by atoms with Crippen LogP contribution in [0.1, 0.15) is 11.1 Å². The number of benzene rings is 1. The molecule has 8 heteroatoms. The fourth-order valence-electron chi connectivity index (χ4n) is 2.83. The number of H-pyrrole nitrogens is 1. The fraction of sp³-hybridized carbons (Fsp3) is 0.176. The van der Waals surface area contributed by atoms with Crippen molar-refractivity contribution in [2.45, 2.75) is 13.0 Å². The SMILES string of the molecule is O=C(Nc1n[nH]c(-c2ccncc2)n1)N1CCc2cc(Cl)ccc2C1. The van der Waals surface area contributed by atoms with Crippen LogP contribution in [0.25, 0.3) is 11.4 Å². The van der Waals surface area contributed by atoms with E-state index >= 15 is 0 Å². The Bertz CT molecular complexity index is 911. The number of nitrogens with one attached hydrogen (secondary N) is 2. The minimum absolute atomic E-state index is 0.221. The molecule has 0 aliphatic carbocycles. The summed E-state index contributed by atoms with van der Waals surface area (Å²) in [6.45, 7) is 1.17. The molecule has 0 spiro atoms. The van der Waals surface area contributed by atoms with Crippen LogP contribution in [0.4, 0.5) is 10.7 Å². The van der Waals surface area contributed by atoms with Gasteiger partial charge >= 0.3 is 6.03 Å². The van der Waals surface area contributed by atoms with Gasteiger partial charge in [-0.25, -0.2) is 4.79 Å². The number of aromatic nitrogens is 4. The maximum Gasteiger partial charge on any atom is 0.324 e. The van der Waals surface area contributed by atoms with Gasteiger partial charge in [0.05, 0.1) is 0 Å². The summed E-state index contributed by atoms with van der Waals surface area (Å²) in [4.78, 5) is 22.5. The van der Waals surface area contributed by atoms with Gasteiger partial charge in [0, 0.05) is 36.1 Å². The van der Waals surface area contributed by atoms with Crippen LogP contribution < -0.4 is 5.32 Å². The number of nitrogens with zero attached hydrogens (tertiary/aromatic N) is 4. The Morgan fingerprint density at radius 3 is 2.88 bits per heavy atom. The van der Waals surface area contributed by atoms with Crippen molar-refractivity contribution in [3.05, 3.63) is 58.9 Å². The molecule has 7 nitrogen and oxygen atoms in total. The minimum atomic E-state index is -0.221.